The number of hydrogen-bond donors (Lipinski definition) is 3. The van der Waals surface area contributed by atoms with E-state index >= 15 is 0 Å². The number of carbonyl (C=O) groups is 1. The van der Waals surface area contributed by atoms with Gasteiger partial charge in [0, 0.05) is 11.3 Å². The molecule has 6 heteroatoms. The number of amides is 1. The summed E-state index contributed by atoms with van der Waals surface area (Å²) in [6, 6.07) is 13.6. The molecular weight excluding hydrogens is 270 g/mol. The third kappa shape index (κ3) is 2.59. The molecule has 0 saturated heterocycles. The average molecular weight is 281 g/mol. The first kappa shape index (κ1) is 12.9. The van der Waals surface area contributed by atoms with Crippen LogP contribution in [0.4, 0.5) is 5.69 Å². The summed E-state index contributed by atoms with van der Waals surface area (Å²) in [5, 5.41) is 2.73. The van der Waals surface area contributed by atoms with E-state index in [4.69, 9.17) is 0 Å². The van der Waals surface area contributed by atoms with Gasteiger partial charge in [0.25, 0.3) is 5.91 Å². The van der Waals surface area contributed by atoms with Crippen molar-refractivity contribution < 1.29 is 4.79 Å². The molecule has 0 aliphatic heterocycles. The summed E-state index contributed by atoms with van der Waals surface area (Å²) in [4.78, 5) is 39.5. The maximum absolute atomic E-state index is 12.0. The van der Waals surface area contributed by atoms with Crippen LogP contribution in [0.2, 0.25) is 0 Å². The second-order valence-electron chi connectivity index (χ2n) is 4.49. The van der Waals surface area contributed by atoms with Crippen molar-refractivity contribution in [1.82, 2.24) is 9.97 Å². The van der Waals surface area contributed by atoms with Gasteiger partial charge in [-0.15, -0.1) is 0 Å². The predicted octanol–water partition coefficient (Wildman–Crippen LogP) is 1.47. The highest BCUT2D eigenvalue weighted by molar-refractivity contribution is 6.04. The van der Waals surface area contributed by atoms with Gasteiger partial charge in [0.05, 0.1) is 11.0 Å². The van der Waals surface area contributed by atoms with E-state index in [0.29, 0.717) is 22.3 Å². The first-order chi connectivity index (χ1) is 10.1. The highest BCUT2D eigenvalue weighted by Crippen LogP contribution is 2.14. The number of carbonyl (C=O) groups excluding carboxylic acids is 1. The summed E-state index contributed by atoms with van der Waals surface area (Å²) < 4.78 is 0. The second kappa shape index (κ2) is 5.09. The van der Waals surface area contributed by atoms with Crippen molar-refractivity contribution in [2.45, 2.75) is 0 Å². The maximum Gasteiger partial charge on any atom is 0.314 e. The molecule has 0 spiro atoms. The molecule has 3 N–H and O–H groups in total. The van der Waals surface area contributed by atoms with Gasteiger partial charge >= 0.3 is 11.1 Å². The Bertz CT molecular complexity index is 926. The quantitative estimate of drug-likeness (QED) is 0.621. The first-order valence-electron chi connectivity index (χ1n) is 6.26. The number of H-pyrrole nitrogens is 2. The van der Waals surface area contributed by atoms with E-state index in [1.165, 1.54) is 0 Å². The molecule has 0 aliphatic carbocycles. The number of nitrogens with one attached hydrogen (secondary N) is 3. The van der Waals surface area contributed by atoms with Crippen molar-refractivity contribution in [3.63, 3.8) is 0 Å². The fourth-order valence-electron chi connectivity index (χ4n) is 1.99. The summed E-state index contributed by atoms with van der Waals surface area (Å²) >= 11 is 0. The third-order valence-electron chi connectivity index (χ3n) is 3.02. The lowest BCUT2D eigenvalue weighted by molar-refractivity contribution is 0.102. The van der Waals surface area contributed by atoms with Crippen LogP contribution in [-0.2, 0) is 0 Å². The molecule has 2 aromatic carbocycles. The van der Waals surface area contributed by atoms with E-state index in [1.54, 1.807) is 42.5 Å². The summed E-state index contributed by atoms with van der Waals surface area (Å²) in [6.45, 7) is 0. The number of benzene rings is 2. The minimum absolute atomic E-state index is 0.248. The molecule has 0 bridgehead atoms. The molecule has 21 heavy (non-hydrogen) atoms. The molecule has 104 valence electrons. The molecule has 0 fully saturated rings. The Labute approximate surface area is 118 Å². The van der Waals surface area contributed by atoms with E-state index in [1.807, 2.05) is 6.07 Å². The van der Waals surface area contributed by atoms with Crippen molar-refractivity contribution in [2.75, 3.05) is 5.32 Å². The van der Waals surface area contributed by atoms with Gasteiger partial charge in [-0.3, -0.25) is 14.4 Å². The topological polar surface area (TPSA) is 94.8 Å². The van der Waals surface area contributed by atoms with Crippen LogP contribution in [0.15, 0.2) is 58.1 Å². The number of aromatic amines is 2. The number of aromatic nitrogens is 2. The van der Waals surface area contributed by atoms with Crippen molar-refractivity contribution in [1.29, 1.82) is 0 Å². The normalized spacial score (nSPS) is 10.5. The number of hydrogen-bond acceptors (Lipinski definition) is 3. The Morgan fingerprint density at radius 1 is 0.857 bits per heavy atom. The minimum Gasteiger partial charge on any atom is -0.322 e. The van der Waals surface area contributed by atoms with Gasteiger partial charge in [-0.05, 0) is 30.3 Å². The molecule has 1 aromatic heterocycles. The van der Waals surface area contributed by atoms with Crippen LogP contribution in [0.3, 0.4) is 0 Å². The Hall–Kier alpha value is -3.15. The predicted molar refractivity (Wildman–Crippen MR) is 79.6 cm³/mol. The summed E-state index contributed by atoms with van der Waals surface area (Å²) in [6.07, 6.45) is 0. The molecule has 0 unspecified atom stereocenters. The van der Waals surface area contributed by atoms with Crippen LogP contribution in [0, 0.1) is 0 Å². The van der Waals surface area contributed by atoms with Crippen LogP contribution >= 0.6 is 0 Å². The van der Waals surface area contributed by atoms with Gasteiger partial charge in [-0.2, -0.15) is 0 Å². The lowest BCUT2D eigenvalue weighted by Crippen LogP contribution is -2.28. The summed E-state index contributed by atoms with van der Waals surface area (Å²) in [5.41, 5.74) is 0.576. The van der Waals surface area contributed by atoms with Gasteiger partial charge in [0.1, 0.15) is 0 Å². The largest absolute Gasteiger partial charge is 0.322 e. The SMILES string of the molecule is O=C(Nc1ccc2[nH]c(=O)c(=O)[nH]c2c1)c1ccccc1. The molecular formula is C15H11N3O3. The van der Waals surface area contributed by atoms with Crippen LogP contribution < -0.4 is 16.4 Å². The smallest absolute Gasteiger partial charge is 0.314 e. The van der Waals surface area contributed by atoms with Crippen LogP contribution in [0.1, 0.15) is 10.4 Å². The van der Waals surface area contributed by atoms with Crippen LogP contribution in [-0.4, -0.2) is 15.9 Å². The molecule has 0 radical (unpaired) electrons. The van der Waals surface area contributed by atoms with Crippen molar-refractivity contribution >= 4 is 22.6 Å². The molecule has 0 atom stereocenters. The van der Waals surface area contributed by atoms with Crippen molar-refractivity contribution in [3.05, 3.63) is 74.8 Å². The zero-order valence-electron chi connectivity index (χ0n) is 10.8. The van der Waals surface area contributed by atoms with Crippen LogP contribution in [0.25, 0.3) is 11.0 Å². The Kier molecular flexibility index (Phi) is 3.12. The monoisotopic (exact) mass is 281 g/mol. The maximum atomic E-state index is 12.0. The second-order valence-corrected chi connectivity index (χ2v) is 4.49. The average Bonchev–Trinajstić information content (AvgIpc) is 2.49. The van der Waals surface area contributed by atoms with Gasteiger partial charge < -0.3 is 15.3 Å². The summed E-state index contributed by atoms with van der Waals surface area (Å²) in [5.74, 6) is -0.248. The van der Waals surface area contributed by atoms with E-state index in [-0.39, 0.29) is 5.91 Å². The first-order valence-corrected chi connectivity index (χ1v) is 6.26. The van der Waals surface area contributed by atoms with Crippen molar-refractivity contribution in [3.8, 4) is 0 Å². The fraction of sp³-hybridized carbons (Fsp3) is 0. The Morgan fingerprint density at radius 3 is 2.24 bits per heavy atom. The van der Waals surface area contributed by atoms with Gasteiger partial charge in [0.2, 0.25) is 0 Å². The molecule has 1 amide bonds. The van der Waals surface area contributed by atoms with Crippen LogP contribution in [0.5, 0.6) is 0 Å². The Balaban J connectivity index is 1.95. The zero-order chi connectivity index (χ0) is 14.8. The highest BCUT2D eigenvalue weighted by Gasteiger charge is 2.06. The third-order valence-corrected chi connectivity index (χ3v) is 3.02. The molecule has 6 nitrogen and oxygen atoms in total. The standard InChI is InChI=1S/C15H11N3O3/c19-13(9-4-2-1-3-5-9)16-10-6-7-11-12(8-10)18-15(21)14(20)17-11/h1-8H,(H,16,19)(H,17,20)(H,18,21). The van der Waals surface area contributed by atoms with Crippen molar-refractivity contribution in [2.24, 2.45) is 0 Å². The molecule has 0 saturated carbocycles. The molecule has 3 aromatic rings. The Morgan fingerprint density at radius 2 is 1.52 bits per heavy atom. The molecule has 1 heterocycles. The minimum atomic E-state index is -0.728. The van der Waals surface area contributed by atoms with E-state index in [0.717, 1.165) is 0 Å². The highest BCUT2D eigenvalue weighted by atomic mass is 16.2. The number of rotatable bonds is 2. The fourth-order valence-corrected chi connectivity index (χ4v) is 1.99. The lowest BCUT2D eigenvalue weighted by atomic mass is 10.2. The lowest BCUT2D eigenvalue weighted by Gasteiger charge is -2.06. The van der Waals surface area contributed by atoms with Gasteiger partial charge in [-0.25, -0.2) is 0 Å². The van der Waals surface area contributed by atoms with E-state index in [2.05, 4.69) is 15.3 Å². The van der Waals surface area contributed by atoms with Gasteiger partial charge in [0.15, 0.2) is 0 Å². The molecule has 3 rings (SSSR count). The molecule has 0 aliphatic rings. The van der Waals surface area contributed by atoms with E-state index in [9.17, 15) is 14.4 Å². The number of anilines is 1. The number of fused-ring (bicyclic) bond motifs is 1. The van der Waals surface area contributed by atoms with E-state index < -0.39 is 11.1 Å². The summed E-state index contributed by atoms with van der Waals surface area (Å²) in [7, 11) is 0. The zero-order valence-corrected chi connectivity index (χ0v) is 10.8. The van der Waals surface area contributed by atoms with Gasteiger partial charge in [-0.1, -0.05) is 18.2 Å².